The highest BCUT2D eigenvalue weighted by Gasteiger charge is 2.77. The minimum absolute atomic E-state index is 0.182. The topological polar surface area (TPSA) is 18.5 Å². The van der Waals surface area contributed by atoms with E-state index in [2.05, 4.69) is 13.8 Å². The van der Waals surface area contributed by atoms with Crippen molar-refractivity contribution >= 4 is 0 Å². The van der Waals surface area contributed by atoms with Gasteiger partial charge in [-0.05, 0) is 81.0 Å². The zero-order valence-electron chi connectivity index (χ0n) is 13.9. The lowest BCUT2D eigenvalue weighted by Gasteiger charge is -2.59. The van der Waals surface area contributed by atoms with Crippen molar-refractivity contribution in [1.82, 2.24) is 0 Å². The molecule has 0 aromatic heterocycles. The van der Waals surface area contributed by atoms with E-state index in [1.165, 1.54) is 44.9 Å². The summed E-state index contributed by atoms with van der Waals surface area (Å²) in [7, 11) is 1.97. The summed E-state index contributed by atoms with van der Waals surface area (Å²) in [4.78, 5) is 0. The minimum Gasteiger partial charge on any atom is -0.381 e. The van der Waals surface area contributed by atoms with Gasteiger partial charge in [0.15, 0.2) is 0 Å². The third kappa shape index (κ3) is 1.35. The number of fused-ring (bicyclic) bond motifs is 4. The molecule has 8 atom stereocenters. The summed E-state index contributed by atoms with van der Waals surface area (Å²) in [6.45, 7) is 6.03. The van der Waals surface area contributed by atoms with Crippen LogP contribution in [0.15, 0.2) is 0 Å². The van der Waals surface area contributed by atoms with Crippen molar-refractivity contribution in [3.63, 3.8) is 0 Å². The van der Waals surface area contributed by atoms with Crippen molar-refractivity contribution in [2.45, 2.75) is 70.5 Å². The molecular formula is C19H30O2. The zero-order valence-corrected chi connectivity index (χ0v) is 13.9. The SMILES string of the molecule is CO[C@@H]1C[C@H]2[C@@H]3CCO[C@@]3(C)CC[C@@H]2[C@@]2(C)CC[C@H]3C[C@]312. The van der Waals surface area contributed by atoms with Gasteiger partial charge in [0.05, 0.1) is 11.7 Å². The lowest BCUT2D eigenvalue weighted by molar-refractivity contribution is -0.168. The van der Waals surface area contributed by atoms with Gasteiger partial charge in [-0.15, -0.1) is 0 Å². The van der Waals surface area contributed by atoms with Gasteiger partial charge in [-0.3, -0.25) is 0 Å². The van der Waals surface area contributed by atoms with Gasteiger partial charge in [0, 0.05) is 19.1 Å². The summed E-state index contributed by atoms with van der Waals surface area (Å²) in [5.74, 6) is 3.57. The highest BCUT2D eigenvalue weighted by molar-refractivity contribution is 5.25. The lowest BCUT2D eigenvalue weighted by atomic mass is 9.47. The molecule has 5 fully saturated rings. The summed E-state index contributed by atoms with van der Waals surface area (Å²) in [5, 5.41) is 0. The molecule has 1 aliphatic heterocycles. The first-order valence-electron chi connectivity index (χ1n) is 9.22. The highest BCUT2D eigenvalue weighted by Crippen LogP contribution is 2.81. The van der Waals surface area contributed by atoms with Crippen molar-refractivity contribution in [2.75, 3.05) is 13.7 Å². The maximum atomic E-state index is 6.20. The van der Waals surface area contributed by atoms with Crippen LogP contribution in [0.4, 0.5) is 0 Å². The lowest BCUT2D eigenvalue weighted by Crippen LogP contribution is -2.57. The van der Waals surface area contributed by atoms with Crippen LogP contribution in [0.1, 0.15) is 58.8 Å². The average molecular weight is 290 g/mol. The molecule has 1 heterocycles. The van der Waals surface area contributed by atoms with Gasteiger partial charge in [0.1, 0.15) is 0 Å². The Morgan fingerprint density at radius 2 is 1.90 bits per heavy atom. The normalized spacial score (nSPS) is 64.4. The minimum atomic E-state index is 0.182. The third-order valence-electron chi connectivity index (χ3n) is 9.02. The van der Waals surface area contributed by atoms with E-state index in [0.29, 0.717) is 16.9 Å². The highest BCUT2D eigenvalue weighted by atomic mass is 16.5. The second-order valence-corrected chi connectivity index (χ2v) is 9.22. The molecule has 118 valence electrons. The Kier molecular flexibility index (Phi) is 2.46. The van der Waals surface area contributed by atoms with Gasteiger partial charge in [-0.25, -0.2) is 0 Å². The Morgan fingerprint density at radius 3 is 2.67 bits per heavy atom. The second kappa shape index (κ2) is 3.87. The molecule has 4 aliphatic carbocycles. The number of hydrogen-bond acceptors (Lipinski definition) is 2. The van der Waals surface area contributed by atoms with Crippen molar-refractivity contribution in [2.24, 2.45) is 34.5 Å². The summed E-state index contributed by atoms with van der Waals surface area (Å²) in [6.07, 6.45) is 10.2. The first-order valence-corrected chi connectivity index (χ1v) is 9.22. The predicted octanol–water partition coefficient (Wildman–Crippen LogP) is 4.03. The van der Waals surface area contributed by atoms with Crippen molar-refractivity contribution in [1.29, 1.82) is 0 Å². The molecule has 0 N–H and O–H groups in total. The molecule has 21 heavy (non-hydrogen) atoms. The van der Waals surface area contributed by atoms with Crippen LogP contribution in [-0.4, -0.2) is 25.4 Å². The largest absolute Gasteiger partial charge is 0.381 e. The smallest absolute Gasteiger partial charge is 0.0686 e. The molecule has 1 saturated heterocycles. The van der Waals surface area contributed by atoms with Crippen molar-refractivity contribution in [3.8, 4) is 0 Å². The molecule has 5 aliphatic rings. The standard InChI is InChI=1S/C19H30O2/c1-17-7-4-12-11-19(12,17)16(20-3)10-13-14(17)5-8-18(2)15(13)6-9-21-18/h12-16H,4-11H2,1-3H3/t12-,13+,14-,15-,16+,17+,18-,19-/m0/s1. The summed E-state index contributed by atoms with van der Waals surface area (Å²) >= 11 is 0. The van der Waals surface area contributed by atoms with E-state index in [4.69, 9.17) is 9.47 Å². The number of rotatable bonds is 1. The summed E-state index contributed by atoms with van der Waals surface area (Å²) in [6, 6.07) is 0. The average Bonchev–Trinajstić information content (AvgIpc) is 2.94. The van der Waals surface area contributed by atoms with Gasteiger partial charge in [-0.2, -0.15) is 0 Å². The Morgan fingerprint density at radius 1 is 1.05 bits per heavy atom. The Balaban J connectivity index is 1.56. The fourth-order valence-electron chi connectivity index (χ4n) is 7.98. The molecule has 4 saturated carbocycles. The second-order valence-electron chi connectivity index (χ2n) is 9.22. The molecule has 0 radical (unpaired) electrons. The van der Waals surface area contributed by atoms with Crippen LogP contribution in [0.2, 0.25) is 0 Å². The van der Waals surface area contributed by atoms with Crippen molar-refractivity contribution < 1.29 is 9.47 Å². The number of ether oxygens (including phenoxy) is 2. The first kappa shape index (κ1) is 13.4. The zero-order chi connectivity index (χ0) is 14.5. The van der Waals surface area contributed by atoms with Crippen LogP contribution in [0, 0.1) is 34.5 Å². The Hall–Kier alpha value is -0.0800. The van der Waals surface area contributed by atoms with E-state index in [1.54, 1.807) is 0 Å². The quantitative estimate of drug-likeness (QED) is 0.726. The third-order valence-corrected chi connectivity index (χ3v) is 9.02. The fraction of sp³-hybridized carbons (Fsp3) is 1.00. The van der Waals surface area contributed by atoms with E-state index < -0.39 is 0 Å². The molecule has 2 heteroatoms. The van der Waals surface area contributed by atoms with E-state index in [1.807, 2.05) is 7.11 Å². The van der Waals surface area contributed by atoms with Crippen LogP contribution in [0.5, 0.6) is 0 Å². The molecule has 0 bridgehead atoms. The van der Waals surface area contributed by atoms with Gasteiger partial charge in [-0.1, -0.05) is 6.92 Å². The van der Waals surface area contributed by atoms with Crippen LogP contribution in [0.25, 0.3) is 0 Å². The van der Waals surface area contributed by atoms with Gasteiger partial charge >= 0.3 is 0 Å². The predicted molar refractivity (Wildman–Crippen MR) is 82.0 cm³/mol. The van der Waals surface area contributed by atoms with Gasteiger partial charge in [0.25, 0.3) is 0 Å². The van der Waals surface area contributed by atoms with E-state index >= 15 is 0 Å². The molecule has 0 unspecified atom stereocenters. The molecule has 1 spiro atoms. The van der Waals surface area contributed by atoms with E-state index in [0.717, 1.165) is 30.3 Å². The van der Waals surface area contributed by atoms with Crippen LogP contribution in [0.3, 0.4) is 0 Å². The number of methoxy groups -OCH3 is 1. The molecule has 5 rings (SSSR count). The van der Waals surface area contributed by atoms with E-state index in [9.17, 15) is 0 Å². The Labute approximate surface area is 129 Å². The van der Waals surface area contributed by atoms with E-state index in [-0.39, 0.29) is 5.60 Å². The molecule has 2 nitrogen and oxygen atoms in total. The molecule has 0 aromatic rings. The summed E-state index contributed by atoms with van der Waals surface area (Å²) < 4.78 is 12.3. The van der Waals surface area contributed by atoms with Gasteiger partial charge < -0.3 is 9.47 Å². The van der Waals surface area contributed by atoms with Crippen molar-refractivity contribution in [3.05, 3.63) is 0 Å². The van der Waals surface area contributed by atoms with Crippen LogP contribution in [-0.2, 0) is 9.47 Å². The summed E-state index contributed by atoms with van der Waals surface area (Å²) in [5.41, 5.74) is 1.31. The maximum Gasteiger partial charge on any atom is 0.0686 e. The van der Waals surface area contributed by atoms with Crippen LogP contribution >= 0.6 is 0 Å². The molecular weight excluding hydrogens is 260 g/mol. The molecule has 0 amide bonds. The van der Waals surface area contributed by atoms with Crippen LogP contribution < -0.4 is 0 Å². The Bertz CT molecular complexity index is 476. The monoisotopic (exact) mass is 290 g/mol. The van der Waals surface area contributed by atoms with Gasteiger partial charge in [0.2, 0.25) is 0 Å². The first-order chi connectivity index (χ1) is 10.1. The maximum absolute atomic E-state index is 6.20. The molecule has 0 aromatic carbocycles. The number of hydrogen-bond donors (Lipinski definition) is 0. The fourth-order valence-corrected chi connectivity index (χ4v) is 7.98.